The minimum Gasteiger partial charge on any atom is -0.462 e. The lowest BCUT2D eigenvalue weighted by Crippen LogP contribution is -2.30. The van der Waals surface area contributed by atoms with E-state index in [1.54, 1.807) is 0 Å². The second-order valence-corrected chi connectivity index (χ2v) is 15.0. The van der Waals surface area contributed by atoms with Gasteiger partial charge in [0, 0.05) is 19.3 Å². The summed E-state index contributed by atoms with van der Waals surface area (Å²) in [6.45, 7) is 6.24. The van der Waals surface area contributed by atoms with Crippen LogP contribution in [0.25, 0.3) is 0 Å². The summed E-state index contributed by atoms with van der Waals surface area (Å²) < 4.78 is 16.6. The van der Waals surface area contributed by atoms with Crippen LogP contribution in [0.2, 0.25) is 0 Å². The van der Waals surface area contributed by atoms with Gasteiger partial charge in [-0.1, -0.05) is 174 Å². The van der Waals surface area contributed by atoms with Crippen LogP contribution in [0.3, 0.4) is 0 Å². The molecule has 0 N–H and O–H groups in total. The Morgan fingerprint density at radius 2 is 0.717 bits per heavy atom. The second-order valence-electron chi connectivity index (χ2n) is 15.0. The van der Waals surface area contributed by atoms with Crippen molar-refractivity contribution >= 4 is 17.9 Å². The monoisotopic (exact) mass is 829 g/mol. The fraction of sp³-hybridized carbons (Fsp3) is 0.574. The first kappa shape index (κ1) is 55.8. The van der Waals surface area contributed by atoms with Crippen LogP contribution in [0.15, 0.2) is 122 Å². The van der Waals surface area contributed by atoms with E-state index in [1.807, 2.05) is 0 Å². The van der Waals surface area contributed by atoms with E-state index in [2.05, 4.69) is 142 Å². The van der Waals surface area contributed by atoms with Crippen molar-refractivity contribution in [3.05, 3.63) is 122 Å². The molecular weight excluding hydrogens is 745 g/mol. The van der Waals surface area contributed by atoms with E-state index in [4.69, 9.17) is 14.2 Å². The van der Waals surface area contributed by atoms with Crippen molar-refractivity contribution in [1.29, 1.82) is 0 Å². The number of carbonyl (C=O) groups excluding carboxylic acids is 3. The molecule has 60 heavy (non-hydrogen) atoms. The molecule has 0 heterocycles. The van der Waals surface area contributed by atoms with E-state index in [-0.39, 0.29) is 37.5 Å². The van der Waals surface area contributed by atoms with Gasteiger partial charge in [0.25, 0.3) is 0 Å². The summed E-state index contributed by atoms with van der Waals surface area (Å²) >= 11 is 0. The molecule has 1 atom stereocenters. The Morgan fingerprint density at radius 3 is 1.20 bits per heavy atom. The van der Waals surface area contributed by atoms with Crippen molar-refractivity contribution < 1.29 is 28.6 Å². The average molecular weight is 829 g/mol. The van der Waals surface area contributed by atoms with Gasteiger partial charge >= 0.3 is 17.9 Å². The molecule has 6 heteroatoms. The lowest BCUT2D eigenvalue weighted by atomic mass is 10.1. The molecule has 0 radical (unpaired) electrons. The van der Waals surface area contributed by atoms with Crippen LogP contribution in [-0.2, 0) is 28.6 Å². The topological polar surface area (TPSA) is 78.9 Å². The largest absolute Gasteiger partial charge is 0.462 e. The molecule has 0 aliphatic rings. The predicted octanol–water partition coefficient (Wildman–Crippen LogP) is 15.4. The highest BCUT2D eigenvalue weighted by Crippen LogP contribution is 2.11. The standard InChI is InChI=1S/C54H84O6/c1-4-7-10-13-16-19-22-25-26-27-28-29-30-33-35-38-41-44-47-53(56)59-50-51(60-54(57)48-45-42-39-36-32-24-21-18-15-12-9-6-3)49-58-52(55)46-43-40-37-34-31-23-20-17-14-11-8-5-2/h8-9,11-12,16-22,25-29,31-32,34,36,51H,4-7,10,13-15,23-24,30,33,35,37-50H2,1-3H3/b11-8-,12-9-,19-16-,20-17-,21-18-,25-22-,27-26-,29-28-,34-31-,36-32-. The third kappa shape index (κ3) is 44.9. The maximum atomic E-state index is 12.7. The molecule has 0 aromatic heterocycles. The molecule has 0 spiro atoms. The van der Waals surface area contributed by atoms with E-state index in [0.29, 0.717) is 25.7 Å². The third-order valence-corrected chi connectivity index (χ3v) is 9.28. The summed E-state index contributed by atoms with van der Waals surface area (Å²) in [6, 6.07) is 0. The Morgan fingerprint density at radius 1 is 0.367 bits per heavy atom. The number of rotatable bonds is 40. The summed E-state index contributed by atoms with van der Waals surface area (Å²) in [5.74, 6) is -1.04. The third-order valence-electron chi connectivity index (χ3n) is 9.28. The molecule has 0 fully saturated rings. The summed E-state index contributed by atoms with van der Waals surface area (Å²) in [5.41, 5.74) is 0. The summed E-state index contributed by atoms with van der Waals surface area (Å²) in [7, 11) is 0. The van der Waals surface area contributed by atoms with Crippen molar-refractivity contribution in [3.8, 4) is 0 Å². The summed E-state index contributed by atoms with van der Waals surface area (Å²) in [6.07, 6.45) is 64.7. The molecule has 0 aliphatic heterocycles. The Hall–Kier alpha value is -4.19. The van der Waals surface area contributed by atoms with Gasteiger partial charge in [-0.05, 0) is 109 Å². The molecular formula is C54H84O6. The summed E-state index contributed by atoms with van der Waals surface area (Å²) in [4.78, 5) is 37.8. The van der Waals surface area contributed by atoms with E-state index >= 15 is 0 Å². The number of hydrogen-bond donors (Lipinski definition) is 0. The first-order valence-corrected chi connectivity index (χ1v) is 23.6. The molecule has 0 aromatic carbocycles. The first-order valence-electron chi connectivity index (χ1n) is 23.6. The molecule has 0 saturated carbocycles. The molecule has 336 valence electrons. The molecule has 0 amide bonds. The normalized spacial score (nSPS) is 13.2. The number of unbranched alkanes of at least 4 members (excludes halogenated alkanes) is 12. The zero-order valence-electron chi connectivity index (χ0n) is 38.2. The number of ether oxygens (including phenoxy) is 3. The van der Waals surface area contributed by atoms with Gasteiger partial charge in [-0.25, -0.2) is 0 Å². The van der Waals surface area contributed by atoms with Gasteiger partial charge in [-0.2, -0.15) is 0 Å². The van der Waals surface area contributed by atoms with Gasteiger partial charge in [0.05, 0.1) is 0 Å². The van der Waals surface area contributed by atoms with Crippen LogP contribution in [0, 0.1) is 0 Å². The Bertz CT molecular complexity index is 1320. The fourth-order valence-corrected chi connectivity index (χ4v) is 5.77. The Balaban J connectivity index is 4.54. The Kier molecular flexibility index (Phi) is 44.2. The van der Waals surface area contributed by atoms with Gasteiger partial charge in [-0.15, -0.1) is 0 Å². The van der Waals surface area contributed by atoms with Gasteiger partial charge in [0.1, 0.15) is 13.2 Å². The molecule has 0 bridgehead atoms. The molecule has 1 unspecified atom stereocenters. The van der Waals surface area contributed by atoms with E-state index < -0.39 is 6.10 Å². The van der Waals surface area contributed by atoms with Crippen LogP contribution >= 0.6 is 0 Å². The van der Waals surface area contributed by atoms with Crippen LogP contribution in [-0.4, -0.2) is 37.2 Å². The van der Waals surface area contributed by atoms with Crippen LogP contribution in [0.1, 0.15) is 181 Å². The van der Waals surface area contributed by atoms with Crippen molar-refractivity contribution in [3.63, 3.8) is 0 Å². The first-order chi connectivity index (χ1) is 29.5. The van der Waals surface area contributed by atoms with Crippen LogP contribution < -0.4 is 0 Å². The number of allylic oxidation sites excluding steroid dienone is 20. The molecule has 0 rings (SSSR count). The zero-order valence-corrected chi connectivity index (χ0v) is 38.2. The van der Waals surface area contributed by atoms with Gasteiger partial charge in [0.2, 0.25) is 0 Å². The number of carbonyl (C=O) groups is 3. The lowest BCUT2D eigenvalue weighted by Gasteiger charge is -2.18. The molecule has 0 saturated heterocycles. The highest BCUT2D eigenvalue weighted by Gasteiger charge is 2.19. The SMILES string of the molecule is CC/C=C\C/C=C\C/C=C\CCCCC(=O)OCC(COC(=O)CCCCCCC\C=C/C=C\C=C/C=C\CCCCC)OC(=O)CCCC/C=C\C/C=C\C/C=C\CC. The lowest BCUT2D eigenvalue weighted by molar-refractivity contribution is -0.167. The smallest absolute Gasteiger partial charge is 0.306 e. The highest BCUT2D eigenvalue weighted by molar-refractivity contribution is 5.71. The molecule has 6 nitrogen and oxygen atoms in total. The van der Waals surface area contributed by atoms with Crippen molar-refractivity contribution in [2.45, 2.75) is 187 Å². The average Bonchev–Trinajstić information content (AvgIpc) is 3.24. The van der Waals surface area contributed by atoms with Crippen molar-refractivity contribution in [2.75, 3.05) is 13.2 Å². The van der Waals surface area contributed by atoms with E-state index in [1.165, 1.54) is 19.3 Å². The van der Waals surface area contributed by atoms with Gasteiger partial charge in [0.15, 0.2) is 6.10 Å². The van der Waals surface area contributed by atoms with E-state index in [9.17, 15) is 14.4 Å². The van der Waals surface area contributed by atoms with Crippen molar-refractivity contribution in [2.24, 2.45) is 0 Å². The number of hydrogen-bond acceptors (Lipinski definition) is 6. The van der Waals surface area contributed by atoms with Gasteiger partial charge in [-0.3, -0.25) is 14.4 Å². The number of esters is 3. The summed E-state index contributed by atoms with van der Waals surface area (Å²) in [5, 5.41) is 0. The van der Waals surface area contributed by atoms with E-state index in [0.717, 1.165) is 109 Å². The minimum atomic E-state index is -0.825. The Labute approximate surface area is 367 Å². The molecule has 0 aliphatic carbocycles. The van der Waals surface area contributed by atoms with Crippen LogP contribution in [0.5, 0.6) is 0 Å². The fourth-order valence-electron chi connectivity index (χ4n) is 5.77. The second kappa shape index (κ2) is 47.5. The van der Waals surface area contributed by atoms with Crippen molar-refractivity contribution in [1.82, 2.24) is 0 Å². The molecule has 0 aromatic rings. The maximum Gasteiger partial charge on any atom is 0.306 e. The zero-order chi connectivity index (χ0) is 43.7. The van der Waals surface area contributed by atoms with Crippen LogP contribution in [0.4, 0.5) is 0 Å². The quantitative estimate of drug-likeness (QED) is 0.0201. The highest BCUT2D eigenvalue weighted by atomic mass is 16.6. The minimum absolute atomic E-state index is 0.122. The maximum absolute atomic E-state index is 12.7. The van der Waals surface area contributed by atoms with Gasteiger partial charge < -0.3 is 14.2 Å². The predicted molar refractivity (Wildman–Crippen MR) is 256 cm³/mol.